The third-order valence-electron chi connectivity index (χ3n) is 4.59. The minimum atomic E-state index is -1.09. The van der Waals surface area contributed by atoms with Crippen LogP contribution in [0.3, 0.4) is 0 Å². The number of carbonyl (C=O) groups excluding carboxylic acids is 1. The van der Waals surface area contributed by atoms with E-state index in [0.29, 0.717) is 6.04 Å². The first kappa shape index (κ1) is 18.9. The van der Waals surface area contributed by atoms with Gasteiger partial charge in [-0.3, -0.25) is 4.79 Å². The first-order valence-corrected chi connectivity index (χ1v) is 8.79. The zero-order chi connectivity index (χ0) is 17.6. The van der Waals surface area contributed by atoms with Crippen molar-refractivity contribution >= 4 is 5.91 Å². The van der Waals surface area contributed by atoms with Gasteiger partial charge < -0.3 is 20.5 Å². The van der Waals surface area contributed by atoms with Gasteiger partial charge >= 0.3 is 0 Å². The van der Waals surface area contributed by atoms with Gasteiger partial charge in [-0.15, -0.1) is 0 Å². The Morgan fingerprint density at radius 3 is 2.50 bits per heavy atom. The fraction of sp³-hybridized carbons (Fsp3) is 0.632. The lowest BCUT2D eigenvalue weighted by Crippen LogP contribution is -2.54. The molecule has 5 nitrogen and oxygen atoms in total. The predicted octanol–water partition coefficient (Wildman–Crippen LogP) is 1.80. The molecule has 2 atom stereocenters. The highest BCUT2D eigenvalue weighted by molar-refractivity contribution is 5.82. The van der Waals surface area contributed by atoms with Crippen LogP contribution in [0.4, 0.5) is 0 Å². The number of hydrogen-bond donors (Lipinski definition) is 3. The van der Waals surface area contributed by atoms with Crippen molar-refractivity contribution in [1.82, 2.24) is 10.6 Å². The minimum absolute atomic E-state index is 0.0623. The predicted molar refractivity (Wildman–Crippen MR) is 94.6 cm³/mol. The lowest BCUT2D eigenvalue weighted by Gasteiger charge is -2.31. The Kier molecular flexibility index (Phi) is 6.78. The zero-order valence-electron chi connectivity index (χ0n) is 14.9. The van der Waals surface area contributed by atoms with Crippen LogP contribution >= 0.6 is 0 Å². The Hall–Kier alpha value is -1.43. The normalized spacial score (nSPS) is 19.7. The van der Waals surface area contributed by atoms with Gasteiger partial charge in [0, 0.05) is 19.3 Å². The van der Waals surface area contributed by atoms with Gasteiger partial charge in [-0.05, 0) is 31.2 Å². The Morgan fingerprint density at radius 2 is 1.92 bits per heavy atom. The molecule has 0 aliphatic carbocycles. The highest BCUT2D eigenvalue weighted by atomic mass is 16.5. The fourth-order valence-electron chi connectivity index (χ4n) is 2.96. The van der Waals surface area contributed by atoms with E-state index in [2.05, 4.69) is 10.6 Å². The molecule has 0 saturated carbocycles. The van der Waals surface area contributed by atoms with Crippen molar-refractivity contribution in [3.8, 4) is 0 Å². The van der Waals surface area contributed by atoms with E-state index in [4.69, 9.17) is 4.74 Å². The van der Waals surface area contributed by atoms with Crippen LogP contribution in [0, 0.1) is 5.92 Å². The summed E-state index contributed by atoms with van der Waals surface area (Å²) in [5.74, 6) is 0.113. The summed E-state index contributed by atoms with van der Waals surface area (Å²) in [4.78, 5) is 12.6. The first-order chi connectivity index (χ1) is 11.4. The van der Waals surface area contributed by atoms with Crippen LogP contribution in [0.15, 0.2) is 30.3 Å². The van der Waals surface area contributed by atoms with Crippen molar-refractivity contribution < 1.29 is 14.6 Å². The molecule has 24 heavy (non-hydrogen) atoms. The van der Waals surface area contributed by atoms with E-state index in [1.165, 1.54) is 0 Å². The van der Waals surface area contributed by atoms with Crippen molar-refractivity contribution in [3.63, 3.8) is 0 Å². The standard InChI is InChI=1S/C19H30N2O3/c1-14(2)17(21-16-9-11-24-12-10-16)18(22)20-13-19(3,23)15-7-5-4-6-8-15/h4-8,14,16-17,21,23H,9-13H2,1-3H3,(H,20,22). The van der Waals surface area contributed by atoms with Crippen molar-refractivity contribution in [3.05, 3.63) is 35.9 Å². The van der Waals surface area contributed by atoms with Crippen molar-refractivity contribution in [1.29, 1.82) is 0 Å². The molecule has 0 bridgehead atoms. The van der Waals surface area contributed by atoms with Gasteiger partial charge in [-0.1, -0.05) is 44.2 Å². The number of nitrogens with one attached hydrogen (secondary N) is 2. The first-order valence-electron chi connectivity index (χ1n) is 8.79. The third kappa shape index (κ3) is 5.30. The van der Waals surface area contributed by atoms with Crippen LogP contribution in [-0.2, 0) is 15.1 Å². The Labute approximate surface area is 144 Å². The molecule has 0 radical (unpaired) electrons. The van der Waals surface area contributed by atoms with Gasteiger partial charge in [0.1, 0.15) is 5.60 Å². The Bertz CT molecular complexity index is 511. The molecule has 2 unspecified atom stereocenters. The van der Waals surface area contributed by atoms with E-state index < -0.39 is 5.60 Å². The van der Waals surface area contributed by atoms with Crippen LogP contribution in [-0.4, -0.2) is 42.9 Å². The summed E-state index contributed by atoms with van der Waals surface area (Å²) in [5, 5.41) is 17.0. The molecule has 3 N–H and O–H groups in total. The number of ether oxygens (including phenoxy) is 1. The second kappa shape index (κ2) is 8.60. The molecule has 1 aliphatic heterocycles. The van der Waals surface area contributed by atoms with Gasteiger partial charge in [-0.25, -0.2) is 0 Å². The Balaban J connectivity index is 1.92. The third-order valence-corrected chi connectivity index (χ3v) is 4.59. The van der Waals surface area contributed by atoms with Crippen LogP contribution in [0.2, 0.25) is 0 Å². The molecular formula is C19H30N2O3. The highest BCUT2D eigenvalue weighted by Gasteiger charge is 2.29. The maximum Gasteiger partial charge on any atom is 0.237 e. The van der Waals surface area contributed by atoms with Crippen LogP contribution in [0.25, 0.3) is 0 Å². The minimum Gasteiger partial charge on any atom is -0.384 e. The van der Waals surface area contributed by atoms with Gasteiger partial charge in [-0.2, -0.15) is 0 Å². The molecule has 1 saturated heterocycles. The van der Waals surface area contributed by atoms with Gasteiger partial charge in [0.25, 0.3) is 0 Å². The summed E-state index contributed by atoms with van der Waals surface area (Å²) in [6.45, 7) is 7.46. The molecule has 1 amide bonds. The van der Waals surface area contributed by atoms with E-state index in [1.54, 1.807) is 6.92 Å². The zero-order valence-corrected chi connectivity index (χ0v) is 14.9. The summed E-state index contributed by atoms with van der Waals surface area (Å²) >= 11 is 0. The molecule has 1 fully saturated rings. The monoisotopic (exact) mass is 334 g/mol. The molecule has 1 aromatic rings. The average Bonchev–Trinajstić information content (AvgIpc) is 2.59. The van der Waals surface area contributed by atoms with E-state index in [9.17, 15) is 9.90 Å². The summed E-state index contributed by atoms with van der Waals surface area (Å²) in [6.07, 6.45) is 1.86. The molecule has 2 rings (SSSR count). The number of aliphatic hydroxyl groups is 1. The van der Waals surface area contributed by atoms with Gasteiger partial charge in [0.2, 0.25) is 5.91 Å². The quantitative estimate of drug-likeness (QED) is 0.711. The van der Waals surface area contributed by atoms with Gasteiger partial charge in [0.15, 0.2) is 0 Å². The number of carbonyl (C=O) groups is 1. The van der Waals surface area contributed by atoms with Crippen LogP contribution < -0.4 is 10.6 Å². The van der Waals surface area contributed by atoms with E-state index in [0.717, 1.165) is 31.6 Å². The lowest BCUT2D eigenvalue weighted by molar-refractivity contribution is -0.125. The molecule has 0 aromatic heterocycles. The molecule has 5 heteroatoms. The molecule has 1 aromatic carbocycles. The number of rotatable bonds is 7. The fourth-order valence-corrected chi connectivity index (χ4v) is 2.96. The summed E-state index contributed by atoms with van der Waals surface area (Å²) in [7, 11) is 0. The average molecular weight is 334 g/mol. The molecule has 1 aliphatic rings. The number of hydrogen-bond acceptors (Lipinski definition) is 4. The summed E-state index contributed by atoms with van der Waals surface area (Å²) in [5.41, 5.74) is -0.291. The summed E-state index contributed by atoms with van der Waals surface area (Å²) in [6, 6.07) is 9.46. The largest absolute Gasteiger partial charge is 0.384 e. The number of amides is 1. The number of benzene rings is 1. The molecular weight excluding hydrogens is 304 g/mol. The highest BCUT2D eigenvalue weighted by Crippen LogP contribution is 2.19. The topological polar surface area (TPSA) is 70.6 Å². The van der Waals surface area contributed by atoms with E-state index in [1.807, 2.05) is 44.2 Å². The second-order valence-electron chi connectivity index (χ2n) is 7.13. The second-order valence-corrected chi connectivity index (χ2v) is 7.13. The molecule has 0 spiro atoms. The molecule has 1 heterocycles. The molecule has 134 valence electrons. The van der Waals surface area contributed by atoms with Gasteiger partial charge in [0.05, 0.1) is 12.6 Å². The van der Waals surface area contributed by atoms with Crippen molar-refractivity contribution in [2.24, 2.45) is 5.92 Å². The lowest BCUT2D eigenvalue weighted by atomic mass is 9.95. The smallest absolute Gasteiger partial charge is 0.237 e. The SMILES string of the molecule is CC(C)C(NC1CCOCC1)C(=O)NCC(C)(O)c1ccccc1. The van der Waals surface area contributed by atoms with E-state index >= 15 is 0 Å². The maximum absolute atomic E-state index is 12.6. The van der Waals surface area contributed by atoms with Crippen LogP contribution in [0.5, 0.6) is 0 Å². The van der Waals surface area contributed by atoms with Crippen LogP contribution in [0.1, 0.15) is 39.2 Å². The van der Waals surface area contributed by atoms with Crippen molar-refractivity contribution in [2.75, 3.05) is 19.8 Å². The summed E-state index contributed by atoms with van der Waals surface area (Å²) < 4.78 is 5.37. The maximum atomic E-state index is 12.6. The van der Waals surface area contributed by atoms with E-state index in [-0.39, 0.29) is 24.4 Å². The van der Waals surface area contributed by atoms with Crippen molar-refractivity contribution in [2.45, 2.75) is 51.3 Å². The Morgan fingerprint density at radius 1 is 1.29 bits per heavy atom.